The zero-order valence-electron chi connectivity index (χ0n) is 14.2. The van der Waals surface area contributed by atoms with Crippen LogP contribution >= 0.6 is 0 Å². The summed E-state index contributed by atoms with van der Waals surface area (Å²) in [5.41, 5.74) is 3.32. The number of hydrogen-bond donors (Lipinski definition) is 0. The van der Waals surface area contributed by atoms with Crippen LogP contribution in [0.5, 0.6) is 5.75 Å². The molecule has 0 aliphatic carbocycles. The number of likely N-dealkylation sites (tertiary alicyclic amines) is 1. The molecule has 1 amide bonds. The third kappa shape index (κ3) is 2.68. The normalized spacial score (nSPS) is 23.0. The number of fused-ring (bicyclic) bond motifs is 1. The van der Waals surface area contributed by atoms with Crippen molar-refractivity contribution < 1.29 is 9.53 Å². The lowest BCUT2D eigenvalue weighted by atomic mass is 10.0. The quantitative estimate of drug-likeness (QED) is 0.853. The maximum atomic E-state index is 12.9. The monoisotopic (exact) mass is 325 g/mol. The largest absolute Gasteiger partial charge is 0.480 e. The summed E-state index contributed by atoms with van der Waals surface area (Å²) < 4.78 is 7.96. The summed E-state index contributed by atoms with van der Waals surface area (Å²) in [6.45, 7) is 5.62. The highest BCUT2D eigenvalue weighted by atomic mass is 16.5. The number of hydrogen-bond acceptors (Lipinski definition) is 3. The Morgan fingerprint density at radius 1 is 1.29 bits per heavy atom. The number of carbonyl (C=O) groups is 1. The highest BCUT2D eigenvalue weighted by Crippen LogP contribution is 2.30. The molecule has 2 aliphatic rings. The van der Waals surface area contributed by atoms with Crippen molar-refractivity contribution in [1.82, 2.24) is 14.7 Å². The lowest BCUT2D eigenvalue weighted by Gasteiger charge is -2.34. The van der Waals surface area contributed by atoms with Crippen molar-refractivity contribution in [3.8, 4) is 5.75 Å². The fraction of sp³-hybridized carbons (Fsp3) is 0.474. The molecule has 24 heavy (non-hydrogen) atoms. The maximum Gasteiger partial charge on any atom is 0.264 e. The van der Waals surface area contributed by atoms with Crippen LogP contribution in [0, 0.1) is 13.8 Å². The van der Waals surface area contributed by atoms with Gasteiger partial charge in [0.1, 0.15) is 5.75 Å². The molecule has 1 aromatic carbocycles. The van der Waals surface area contributed by atoms with Crippen molar-refractivity contribution in [3.05, 3.63) is 47.3 Å². The Morgan fingerprint density at radius 2 is 2.12 bits per heavy atom. The van der Waals surface area contributed by atoms with Gasteiger partial charge in [-0.15, -0.1) is 0 Å². The van der Waals surface area contributed by atoms with Gasteiger partial charge in [-0.05, 0) is 44.4 Å². The van der Waals surface area contributed by atoms with Crippen LogP contribution in [0.25, 0.3) is 0 Å². The SMILES string of the molecule is Cc1cc(C)n([C@H]2CCCN(C(=O)[C@H]3Cc4ccccc4O3)C2)n1. The van der Waals surface area contributed by atoms with Gasteiger partial charge < -0.3 is 9.64 Å². The zero-order chi connectivity index (χ0) is 16.7. The third-order valence-corrected chi connectivity index (χ3v) is 5.02. The van der Waals surface area contributed by atoms with Gasteiger partial charge in [0.05, 0.1) is 11.7 Å². The molecule has 1 aromatic heterocycles. The van der Waals surface area contributed by atoms with E-state index in [2.05, 4.69) is 22.8 Å². The second-order valence-corrected chi connectivity index (χ2v) is 6.87. The fourth-order valence-corrected chi connectivity index (χ4v) is 3.89. The van der Waals surface area contributed by atoms with E-state index in [-0.39, 0.29) is 18.1 Å². The summed E-state index contributed by atoms with van der Waals surface area (Å²) in [4.78, 5) is 14.9. The van der Waals surface area contributed by atoms with Crippen LogP contribution in [0.15, 0.2) is 30.3 Å². The maximum absolute atomic E-state index is 12.9. The van der Waals surface area contributed by atoms with Crippen LogP contribution in [0.4, 0.5) is 0 Å². The van der Waals surface area contributed by atoms with Crippen LogP contribution < -0.4 is 4.74 Å². The molecule has 0 bridgehead atoms. The Bertz CT molecular complexity index is 743. The molecule has 2 aliphatic heterocycles. The molecule has 5 heteroatoms. The van der Waals surface area contributed by atoms with Gasteiger partial charge in [0, 0.05) is 25.2 Å². The smallest absolute Gasteiger partial charge is 0.264 e. The number of para-hydroxylation sites is 1. The van der Waals surface area contributed by atoms with Gasteiger partial charge >= 0.3 is 0 Å². The summed E-state index contributed by atoms with van der Waals surface area (Å²) >= 11 is 0. The van der Waals surface area contributed by atoms with Crippen LogP contribution in [0.3, 0.4) is 0 Å². The summed E-state index contributed by atoms with van der Waals surface area (Å²) in [5, 5.41) is 4.61. The standard InChI is InChI=1S/C19H23N3O2/c1-13-10-14(2)22(20-13)16-7-5-9-21(12-16)19(23)18-11-15-6-3-4-8-17(15)24-18/h3-4,6,8,10,16,18H,5,7,9,11-12H2,1-2H3/t16-,18+/m0/s1. The number of ether oxygens (including phenoxy) is 1. The lowest BCUT2D eigenvalue weighted by Crippen LogP contribution is -2.47. The molecule has 0 saturated carbocycles. The number of aryl methyl sites for hydroxylation is 2. The highest BCUT2D eigenvalue weighted by Gasteiger charge is 2.35. The molecule has 5 nitrogen and oxygen atoms in total. The predicted molar refractivity (Wildman–Crippen MR) is 91.1 cm³/mol. The van der Waals surface area contributed by atoms with E-state index in [1.165, 1.54) is 0 Å². The fourth-order valence-electron chi connectivity index (χ4n) is 3.89. The Hall–Kier alpha value is -2.30. The second-order valence-electron chi connectivity index (χ2n) is 6.87. The first kappa shape index (κ1) is 15.2. The average molecular weight is 325 g/mol. The Morgan fingerprint density at radius 3 is 2.88 bits per heavy atom. The van der Waals surface area contributed by atoms with Gasteiger partial charge in [-0.2, -0.15) is 5.10 Å². The lowest BCUT2D eigenvalue weighted by molar-refractivity contribution is -0.139. The van der Waals surface area contributed by atoms with E-state index in [1.54, 1.807) is 0 Å². The van der Waals surface area contributed by atoms with E-state index >= 15 is 0 Å². The van der Waals surface area contributed by atoms with Gasteiger partial charge in [0.15, 0.2) is 6.10 Å². The van der Waals surface area contributed by atoms with Gasteiger partial charge in [-0.1, -0.05) is 18.2 Å². The molecule has 2 aromatic rings. The summed E-state index contributed by atoms with van der Waals surface area (Å²) in [6, 6.07) is 10.3. The van der Waals surface area contributed by atoms with E-state index in [0.29, 0.717) is 6.42 Å². The van der Waals surface area contributed by atoms with E-state index in [0.717, 1.165) is 48.6 Å². The molecular weight excluding hydrogens is 302 g/mol. The van der Waals surface area contributed by atoms with Crippen LogP contribution in [0.1, 0.15) is 35.8 Å². The third-order valence-electron chi connectivity index (χ3n) is 5.02. The molecular formula is C19H23N3O2. The molecule has 0 radical (unpaired) electrons. The Kier molecular flexibility index (Phi) is 3.79. The molecule has 4 rings (SSSR count). The number of rotatable bonds is 2. The molecule has 0 spiro atoms. The first-order valence-corrected chi connectivity index (χ1v) is 8.68. The summed E-state index contributed by atoms with van der Waals surface area (Å²) in [6.07, 6.45) is 2.38. The van der Waals surface area contributed by atoms with E-state index in [9.17, 15) is 4.79 Å². The van der Waals surface area contributed by atoms with Crippen molar-refractivity contribution in [2.24, 2.45) is 0 Å². The minimum absolute atomic E-state index is 0.109. The van der Waals surface area contributed by atoms with Crippen LogP contribution in [-0.4, -0.2) is 39.8 Å². The Labute approximate surface area is 142 Å². The average Bonchev–Trinajstić information content (AvgIpc) is 3.17. The number of amides is 1. The van der Waals surface area contributed by atoms with Crippen LogP contribution in [-0.2, 0) is 11.2 Å². The molecule has 2 atom stereocenters. The number of aromatic nitrogens is 2. The van der Waals surface area contributed by atoms with Crippen molar-refractivity contribution in [3.63, 3.8) is 0 Å². The minimum Gasteiger partial charge on any atom is -0.480 e. The number of piperidine rings is 1. The molecule has 3 heterocycles. The van der Waals surface area contributed by atoms with Crippen molar-refractivity contribution in [2.45, 2.75) is 45.3 Å². The van der Waals surface area contributed by atoms with Crippen molar-refractivity contribution >= 4 is 5.91 Å². The number of nitrogens with zero attached hydrogens (tertiary/aromatic N) is 3. The molecule has 1 saturated heterocycles. The first-order chi connectivity index (χ1) is 11.6. The van der Waals surface area contributed by atoms with Gasteiger partial charge in [0.25, 0.3) is 5.91 Å². The molecule has 0 N–H and O–H groups in total. The van der Waals surface area contributed by atoms with E-state index < -0.39 is 0 Å². The topological polar surface area (TPSA) is 47.4 Å². The van der Waals surface area contributed by atoms with Gasteiger partial charge in [-0.25, -0.2) is 0 Å². The van der Waals surface area contributed by atoms with Crippen LogP contribution in [0.2, 0.25) is 0 Å². The molecule has 0 unspecified atom stereocenters. The second kappa shape index (κ2) is 5.96. The molecule has 1 fully saturated rings. The summed E-state index contributed by atoms with van der Waals surface area (Å²) in [7, 11) is 0. The predicted octanol–water partition coefficient (Wildman–Crippen LogP) is 2.67. The van der Waals surface area contributed by atoms with Crippen molar-refractivity contribution in [2.75, 3.05) is 13.1 Å². The van der Waals surface area contributed by atoms with E-state index in [4.69, 9.17) is 4.74 Å². The number of benzene rings is 1. The van der Waals surface area contributed by atoms with Crippen molar-refractivity contribution in [1.29, 1.82) is 0 Å². The number of carbonyl (C=O) groups excluding carboxylic acids is 1. The van der Waals surface area contributed by atoms with E-state index in [1.807, 2.05) is 36.1 Å². The minimum atomic E-state index is -0.374. The summed E-state index contributed by atoms with van der Waals surface area (Å²) in [5.74, 6) is 0.959. The molecule has 126 valence electrons. The first-order valence-electron chi connectivity index (χ1n) is 8.68. The highest BCUT2D eigenvalue weighted by molar-refractivity contribution is 5.82. The Balaban J connectivity index is 1.47. The van der Waals surface area contributed by atoms with Gasteiger partial charge in [-0.3, -0.25) is 9.48 Å². The zero-order valence-corrected chi connectivity index (χ0v) is 14.2. The van der Waals surface area contributed by atoms with Gasteiger partial charge in [0.2, 0.25) is 0 Å².